The second kappa shape index (κ2) is 6.86. The smallest absolute Gasteiger partial charge is 0.320 e. The highest BCUT2D eigenvalue weighted by atomic mass is 16.2. The Kier molecular flexibility index (Phi) is 4.65. The molecule has 0 spiro atoms. The Morgan fingerprint density at radius 1 is 1.00 bits per heavy atom. The standard InChI is InChI=1S/C20H24N2O/c1-16(2)13-21-15-19(18-11-7-4-8-12-18)22(20(21)23)14-17-9-5-3-6-10-17/h3-12,16,19H,13-15H2,1-2H3. The molecule has 1 fully saturated rings. The summed E-state index contributed by atoms with van der Waals surface area (Å²) in [4.78, 5) is 16.9. The number of urea groups is 1. The van der Waals surface area contributed by atoms with E-state index in [4.69, 9.17) is 0 Å². The highest BCUT2D eigenvalue weighted by Crippen LogP contribution is 2.31. The molecule has 0 N–H and O–H groups in total. The van der Waals surface area contributed by atoms with Crippen LogP contribution in [-0.4, -0.2) is 28.9 Å². The topological polar surface area (TPSA) is 23.6 Å². The Balaban J connectivity index is 1.86. The van der Waals surface area contributed by atoms with Crippen molar-refractivity contribution in [3.8, 4) is 0 Å². The van der Waals surface area contributed by atoms with Crippen LogP contribution in [0.4, 0.5) is 4.79 Å². The van der Waals surface area contributed by atoms with Gasteiger partial charge in [-0.05, 0) is 17.0 Å². The molecule has 2 aromatic rings. The zero-order valence-corrected chi connectivity index (χ0v) is 13.9. The van der Waals surface area contributed by atoms with Gasteiger partial charge in [-0.25, -0.2) is 4.79 Å². The van der Waals surface area contributed by atoms with E-state index in [2.05, 4.69) is 38.1 Å². The molecule has 0 radical (unpaired) electrons. The van der Waals surface area contributed by atoms with Crippen molar-refractivity contribution in [3.63, 3.8) is 0 Å². The van der Waals surface area contributed by atoms with Gasteiger partial charge in [-0.15, -0.1) is 0 Å². The number of amides is 2. The highest BCUT2D eigenvalue weighted by molar-refractivity contribution is 5.77. The first kappa shape index (κ1) is 15.6. The Hall–Kier alpha value is -2.29. The van der Waals surface area contributed by atoms with Crippen LogP contribution in [-0.2, 0) is 6.54 Å². The number of hydrogen-bond donors (Lipinski definition) is 0. The molecule has 3 rings (SSSR count). The van der Waals surface area contributed by atoms with Gasteiger partial charge in [0.15, 0.2) is 0 Å². The van der Waals surface area contributed by atoms with Gasteiger partial charge in [-0.2, -0.15) is 0 Å². The van der Waals surface area contributed by atoms with E-state index in [1.54, 1.807) is 0 Å². The summed E-state index contributed by atoms with van der Waals surface area (Å²) in [5.74, 6) is 0.479. The van der Waals surface area contributed by atoms with Gasteiger partial charge >= 0.3 is 6.03 Å². The van der Waals surface area contributed by atoms with E-state index in [1.165, 1.54) is 11.1 Å². The molecule has 23 heavy (non-hydrogen) atoms. The molecule has 0 aromatic heterocycles. The molecule has 1 aliphatic rings. The van der Waals surface area contributed by atoms with Crippen LogP contribution in [0.1, 0.15) is 31.0 Å². The summed E-state index contributed by atoms with van der Waals surface area (Å²) >= 11 is 0. The lowest BCUT2D eigenvalue weighted by molar-refractivity contribution is 0.181. The van der Waals surface area contributed by atoms with Crippen molar-refractivity contribution < 1.29 is 4.79 Å². The van der Waals surface area contributed by atoms with Crippen molar-refractivity contribution in [2.45, 2.75) is 26.4 Å². The Bertz CT molecular complexity index is 639. The van der Waals surface area contributed by atoms with Gasteiger partial charge in [0.2, 0.25) is 0 Å². The van der Waals surface area contributed by atoms with Crippen LogP contribution >= 0.6 is 0 Å². The summed E-state index contributed by atoms with van der Waals surface area (Å²) in [5.41, 5.74) is 2.39. The molecule has 3 heteroatoms. The minimum Gasteiger partial charge on any atom is -0.322 e. The zero-order chi connectivity index (χ0) is 16.2. The summed E-state index contributed by atoms with van der Waals surface area (Å²) in [6.45, 7) is 6.56. The van der Waals surface area contributed by atoms with E-state index in [-0.39, 0.29) is 12.1 Å². The Morgan fingerprint density at radius 3 is 2.22 bits per heavy atom. The SMILES string of the molecule is CC(C)CN1CC(c2ccccc2)N(Cc2ccccc2)C1=O. The average Bonchev–Trinajstić information content (AvgIpc) is 2.86. The van der Waals surface area contributed by atoms with Crippen LogP contribution in [0.15, 0.2) is 60.7 Å². The van der Waals surface area contributed by atoms with E-state index in [0.29, 0.717) is 12.5 Å². The predicted molar refractivity (Wildman–Crippen MR) is 93.0 cm³/mol. The molecule has 0 saturated carbocycles. The lowest BCUT2D eigenvalue weighted by atomic mass is 10.1. The van der Waals surface area contributed by atoms with Gasteiger partial charge in [-0.3, -0.25) is 0 Å². The first-order valence-corrected chi connectivity index (χ1v) is 8.29. The normalized spacial score (nSPS) is 18.0. The van der Waals surface area contributed by atoms with Gasteiger partial charge in [0, 0.05) is 19.6 Å². The zero-order valence-electron chi connectivity index (χ0n) is 13.9. The molecule has 3 nitrogen and oxygen atoms in total. The van der Waals surface area contributed by atoms with Gasteiger partial charge in [0.1, 0.15) is 0 Å². The van der Waals surface area contributed by atoms with Crippen molar-refractivity contribution in [1.29, 1.82) is 0 Å². The molecule has 120 valence electrons. The third-order valence-electron chi connectivity index (χ3n) is 4.25. The number of carbonyl (C=O) groups is 1. The maximum absolute atomic E-state index is 12.9. The van der Waals surface area contributed by atoms with Gasteiger partial charge in [0.25, 0.3) is 0 Å². The van der Waals surface area contributed by atoms with Crippen molar-refractivity contribution in [3.05, 3.63) is 71.8 Å². The summed E-state index contributed by atoms with van der Waals surface area (Å²) in [6.07, 6.45) is 0. The van der Waals surface area contributed by atoms with Crippen LogP contribution in [0.25, 0.3) is 0 Å². The fraction of sp³-hybridized carbons (Fsp3) is 0.350. The summed E-state index contributed by atoms with van der Waals surface area (Å²) in [5, 5.41) is 0. The minimum atomic E-state index is 0.127. The third-order valence-corrected chi connectivity index (χ3v) is 4.25. The second-order valence-corrected chi connectivity index (χ2v) is 6.62. The number of hydrogen-bond acceptors (Lipinski definition) is 1. The van der Waals surface area contributed by atoms with Crippen molar-refractivity contribution in [1.82, 2.24) is 9.80 Å². The molecule has 2 amide bonds. The minimum absolute atomic E-state index is 0.127. The first-order chi connectivity index (χ1) is 11.1. The average molecular weight is 308 g/mol. The van der Waals surface area contributed by atoms with E-state index in [1.807, 2.05) is 46.2 Å². The van der Waals surface area contributed by atoms with Gasteiger partial charge < -0.3 is 9.80 Å². The fourth-order valence-electron chi connectivity index (χ4n) is 3.21. The van der Waals surface area contributed by atoms with Crippen LogP contribution in [0, 0.1) is 5.92 Å². The van der Waals surface area contributed by atoms with Gasteiger partial charge in [0.05, 0.1) is 6.04 Å². The predicted octanol–water partition coefficient (Wildman–Crippen LogP) is 4.32. The van der Waals surface area contributed by atoms with Crippen LogP contribution in [0.3, 0.4) is 0 Å². The quantitative estimate of drug-likeness (QED) is 0.807. The monoisotopic (exact) mass is 308 g/mol. The summed E-state index contributed by atoms with van der Waals surface area (Å²) < 4.78 is 0. The number of rotatable bonds is 5. The van der Waals surface area contributed by atoms with Crippen LogP contribution in [0.5, 0.6) is 0 Å². The Labute approximate surface area is 138 Å². The van der Waals surface area contributed by atoms with Crippen LogP contribution < -0.4 is 0 Å². The molecule has 0 aliphatic carbocycles. The summed E-state index contributed by atoms with van der Waals surface area (Å²) in [7, 11) is 0. The highest BCUT2D eigenvalue weighted by Gasteiger charge is 2.37. The number of nitrogens with zero attached hydrogens (tertiary/aromatic N) is 2. The van der Waals surface area contributed by atoms with Crippen molar-refractivity contribution >= 4 is 6.03 Å². The molecule has 2 aromatic carbocycles. The Morgan fingerprint density at radius 2 is 1.61 bits per heavy atom. The second-order valence-electron chi connectivity index (χ2n) is 6.62. The molecular formula is C20H24N2O. The largest absolute Gasteiger partial charge is 0.322 e. The fourth-order valence-corrected chi connectivity index (χ4v) is 3.21. The molecule has 0 bridgehead atoms. The summed E-state index contributed by atoms with van der Waals surface area (Å²) in [6, 6.07) is 20.9. The van der Waals surface area contributed by atoms with E-state index < -0.39 is 0 Å². The van der Waals surface area contributed by atoms with Crippen LogP contribution in [0.2, 0.25) is 0 Å². The lowest BCUT2D eigenvalue weighted by Crippen LogP contribution is -2.34. The van der Waals surface area contributed by atoms with Crippen molar-refractivity contribution in [2.24, 2.45) is 5.92 Å². The first-order valence-electron chi connectivity index (χ1n) is 8.29. The number of carbonyl (C=O) groups excluding carboxylic acids is 1. The maximum Gasteiger partial charge on any atom is 0.320 e. The molecule has 1 atom stereocenters. The number of benzene rings is 2. The molecule has 1 saturated heterocycles. The van der Waals surface area contributed by atoms with E-state index >= 15 is 0 Å². The molecular weight excluding hydrogens is 284 g/mol. The lowest BCUT2D eigenvalue weighted by Gasteiger charge is -2.23. The van der Waals surface area contributed by atoms with E-state index in [9.17, 15) is 4.79 Å². The van der Waals surface area contributed by atoms with Gasteiger partial charge in [-0.1, -0.05) is 74.5 Å². The van der Waals surface area contributed by atoms with E-state index in [0.717, 1.165) is 13.1 Å². The molecule has 1 unspecified atom stereocenters. The molecule has 1 aliphatic heterocycles. The van der Waals surface area contributed by atoms with Crippen molar-refractivity contribution in [2.75, 3.05) is 13.1 Å². The maximum atomic E-state index is 12.9. The molecule has 1 heterocycles. The third kappa shape index (κ3) is 3.55.